The van der Waals surface area contributed by atoms with E-state index in [0.29, 0.717) is 30.1 Å². The Morgan fingerprint density at radius 2 is 1.92 bits per heavy atom. The number of benzene rings is 1. The number of carbonyl (C=O) groups excluding carboxylic acids is 2. The van der Waals surface area contributed by atoms with Gasteiger partial charge in [-0.15, -0.1) is 0 Å². The van der Waals surface area contributed by atoms with E-state index in [4.69, 9.17) is 16.7 Å². The molecule has 0 spiro atoms. The monoisotopic (exact) mass is 380 g/mol. The molecule has 1 fully saturated rings. The fraction of sp³-hybridized carbons (Fsp3) is 0.526. The normalized spacial score (nSPS) is 17.2. The van der Waals surface area contributed by atoms with Crippen molar-refractivity contribution in [1.29, 1.82) is 0 Å². The van der Waals surface area contributed by atoms with E-state index in [9.17, 15) is 14.4 Å². The third-order valence-corrected chi connectivity index (χ3v) is 4.87. The van der Waals surface area contributed by atoms with E-state index in [1.165, 1.54) is 0 Å². The second kappa shape index (κ2) is 9.03. The summed E-state index contributed by atoms with van der Waals surface area (Å²) in [6.07, 6.45) is 1.38. The van der Waals surface area contributed by atoms with Gasteiger partial charge in [0.05, 0.1) is 12.3 Å². The fourth-order valence-corrected chi connectivity index (χ4v) is 3.34. The lowest BCUT2D eigenvalue weighted by atomic mass is 9.95. The third-order valence-electron chi connectivity index (χ3n) is 4.62. The molecule has 1 aromatic rings. The third kappa shape index (κ3) is 5.21. The number of hydrogen-bond donors (Lipinski definition) is 1. The summed E-state index contributed by atoms with van der Waals surface area (Å²) < 4.78 is 0. The van der Waals surface area contributed by atoms with E-state index in [1.54, 1.807) is 34.1 Å². The zero-order valence-electron chi connectivity index (χ0n) is 15.2. The van der Waals surface area contributed by atoms with Gasteiger partial charge >= 0.3 is 5.97 Å². The van der Waals surface area contributed by atoms with Gasteiger partial charge in [-0.2, -0.15) is 0 Å². The molecule has 1 aromatic carbocycles. The molecular formula is C19H25ClN2O4. The molecule has 1 N–H and O–H groups in total. The lowest BCUT2D eigenvalue weighted by Gasteiger charge is -2.36. The van der Waals surface area contributed by atoms with Crippen LogP contribution >= 0.6 is 11.6 Å². The number of likely N-dealkylation sites (tertiary alicyclic amines) is 1. The fourth-order valence-electron chi connectivity index (χ4n) is 3.21. The number of aliphatic carboxylic acids is 1. The topological polar surface area (TPSA) is 77.9 Å². The Morgan fingerprint density at radius 1 is 1.27 bits per heavy atom. The van der Waals surface area contributed by atoms with E-state index in [2.05, 4.69) is 0 Å². The molecule has 1 unspecified atom stereocenters. The van der Waals surface area contributed by atoms with Crippen molar-refractivity contribution in [3.63, 3.8) is 0 Å². The molecule has 2 amide bonds. The summed E-state index contributed by atoms with van der Waals surface area (Å²) in [6.45, 7) is 4.91. The van der Waals surface area contributed by atoms with Crippen molar-refractivity contribution < 1.29 is 19.5 Å². The molecule has 1 aliphatic rings. The molecule has 2 rings (SSSR count). The van der Waals surface area contributed by atoms with Crippen molar-refractivity contribution >= 4 is 29.4 Å². The first-order chi connectivity index (χ1) is 12.3. The minimum Gasteiger partial charge on any atom is -0.481 e. The highest BCUT2D eigenvalue weighted by Gasteiger charge is 2.32. The van der Waals surface area contributed by atoms with Crippen LogP contribution < -0.4 is 0 Å². The van der Waals surface area contributed by atoms with Gasteiger partial charge in [0.1, 0.15) is 0 Å². The van der Waals surface area contributed by atoms with Crippen LogP contribution in [0, 0.1) is 5.92 Å². The molecule has 0 saturated carbocycles. The number of carboxylic acids is 1. The Hall–Kier alpha value is -2.08. The van der Waals surface area contributed by atoms with Crippen molar-refractivity contribution in [2.45, 2.75) is 39.2 Å². The summed E-state index contributed by atoms with van der Waals surface area (Å²) in [5.74, 6) is -1.40. The van der Waals surface area contributed by atoms with Crippen LogP contribution in [0.15, 0.2) is 24.3 Å². The van der Waals surface area contributed by atoms with Crippen LogP contribution in [0.1, 0.15) is 43.5 Å². The van der Waals surface area contributed by atoms with Crippen molar-refractivity contribution in [3.05, 3.63) is 34.9 Å². The van der Waals surface area contributed by atoms with Gasteiger partial charge in [0, 0.05) is 36.3 Å². The minimum absolute atomic E-state index is 0.0742. The van der Waals surface area contributed by atoms with Crippen LogP contribution in [0.3, 0.4) is 0 Å². The molecule has 26 heavy (non-hydrogen) atoms. The lowest BCUT2D eigenvalue weighted by Crippen LogP contribution is -2.49. The van der Waals surface area contributed by atoms with Crippen molar-refractivity contribution in [1.82, 2.24) is 9.80 Å². The minimum atomic E-state index is -0.924. The Morgan fingerprint density at radius 3 is 2.50 bits per heavy atom. The van der Waals surface area contributed by atoms with Gasteiger partial charge in [-0.25, -0.2) is 0 Å². The van der Waals surface area contributed by atoms with Gasteiger partial charge in [-0.1, -0.05) is 11.6 Å². The maximum absolute atomic E-state index is 12.9. The molecule has 6 nitrogen and oxygen atoms in total. The zero-order valence-corrected chi connectivity index (χ0v) is 15.9. The van der Waals surface area contributed by atoms with Gasteiger partial charge in [0.15, 0.2) is 0 Å². The molecule has 0 aromatic heterocycles. The van der Waals surface area contributed by atoms with Gasteiger partial charge in [-0.05, 0) is 51.0 Å². The maximum atomic E-state index is 12.9. The Labute approximate surface area is 158 Å². The largest absolute Gasteiger partial charge is 0.481 e. The molecule has 1 heterocycles. The van der Waals surface area contributed by atoms with E-state index < -0.39 is 5.97 Å². The second-order valence-electron chi connectivity index (χ2n) is 6.87. The zero-order chi connectivity index (χ0) is 19.3. The van der Waals surface area contributed by atoms with Crippen molar-refractivity contribution in [3.8, 4) is 0 Å². The molecule has 7 heteroatoms. The highest BCUT2D eigenvalue weighted by Crippen LogP contribution is 2.22. The van der Waals surface area contributed by atoms with Crippen LogP contribution in [0.4, 0.5) is 0 Å². The van der Waals surface area contributed by atoms with Crippen LogP contribution in [0.2, 0.25) is 5.02 Å². The molecule has 1 saturated heterocycles. The number of rotatable bonds is 6. The van der Waals surface area contributed by atoms with E-state index >= 15 is 0 Å². The van der Waals surface area contributed by atoms with E-state index in [0.717, 1.165) is 6.42 Å². The number of piperidine rings is 1. The van der Waals surface area contributed by atoms with E-state index in [1.807, 2.05) is 13.8 Å². The molecular weight excluding hydrogens is 356 g/mol. The molecule has 0 bridgehead atoms. The smallest absolute Gasteiger partial charge is 0.305 e. The first-order valence-electron chi connectivity index (χ1n) is 8.86. The number of amides is 2. The number of halogens is 1. The average Bonchev–Trinajstić information content (AvgIpc) is 2.61. The predicted octanol–water partition coefficient (Wildman–Crippen LogP) is 2.90. The molecule has 1 atom stereocenters. The van der Waals surface area contributed by atoms with Crippen LogP contribution in [-0.2, 0) is 9.59 Å². The number of carboxylic acid groups (broad SMARTS) is 1. The molecule has 142 valence electrons. The summed E-state index contributed by atoms with van der Waals surface area (Å²) in [5, 5.41) is 9.47. The summed E-state index contributed by atoms with van der Waals surface area (Å²) >= 11 is 5.87. The molecule has 0 radical (unpaired) electrons. The summed E-state index contributed by atoms with van der Waals surface area (Å²) in [4.78, 5) is 39.7. The number of carbonyl (C=O) groups is 3. The van der Waals surface area contributed by atoms with Crippen molar-refractivity contribution in [2.75, 3.05) is 19.6 Å². The number of hydrogen-bond acceptors (Lipinski definition) is 3. The Balaban J connectivity index is 2.05. The van der Waals surface area contributed by atoms with Crippen LogP contribution in [0.25, 0.3) is 0 Å². The second-order valence-corrected chi connectivity index (χ2v) is 7.30. The van der Waals surface area contributed by atoms with Gasteiger partial charge in [0.2, 0.25) is 5.91 Å². The van der Waals surface area contributed by atoms with Gasteiger partial charge in [-0.3, -0.25) is 14.4 Å². The molecule has 0 aliphatic carbocycles. The summed E-state index contributed by atoms with van der Waals surface area (Å²) in [5.41, 5.74) is 0.550. The van der Waals surface area contributed by atoms with E-state index in [-0.39, 0.29) is 36.7 Å². The highest BCUT2D eigenvalue weighted by atomic mass is 35.5. The standard InChI is InChI=1S/C19H25ClN2O4/c1-13(2)22(11-9-17(23)24)19(26)15-4-3-10-21(12-15)18(25)14-5-7-16(20)8-6-14/h5-8,13,15H,3-4,9-12H2,1-2H3,(H,23,24). The molecule has 1 aliphatic heterocycles. The summed E-state index contributed by atoms with van der Waals surface area (Å²) in [6, 6.07) is 6.64. The van der Waals surface area contributed by atoms with Gasteiger partial charge < -0.3 is 14.9 Å². The predicted molar refractivity (Wildman–Crippen MR) is 99.2 cm³/mol. The summed E-state index contributed by atoms with van der Waals surface area (Å²) in [7, 11) is 0. The highest BCUT2D eigenvalue weighted by molar-refractivity contribution is 6.30. The van der Waals surface area contributed by atoms with Crippen molar-refractivity contribution in [2.24, 2.45) is 5.92 Å². The van der Waals surface area contributed by atoms with Gasteiger partial charge in [0.25, 0.3) is 5.91 Å². The lowest BCUT2D eigenvalue weighted by molar-refractivity contribution is -0.141. The first-order valence-corrected chi connectivity index (χ1v) is 9.24. The number of nitrogens with zero attached hydrogens (tertiary/aromatic N) is 2. The maximum Gasteiger partial charge on any atom is 0.305 e. The first kappa shape index (κ1) is 20.2. The van der Waals surface area contributed by atoms with Crippen LogP contribution in [0.5, 0.6) is 0 Å². The average molecular weight is 381 g/mol. The van der Waals surface area contributed by atoms with Crippen LogP contribution in [-0.4, -0.2) is 58.4 Å². The quantitative estimate of drug-likeness (QED) is 0.823. The Bertz CT molecular complexity index is 660. The Kier molecular flexibility index (Phi) is 7.03. The SMILES string of the molecule is CC(C)N(CCC(=O)O)C(=O)C1CCCN(C(=O)c2ccc(Cl)cc2)C1.